The molecular weight excluding hydrogens is 292 g/mol. The molecule has 0 heterocycles. The Balaban J connectivity index is 2.04. The van der Waals surface area contributed by atoms with E-state index in [0.717, 1.165) is 11.5 Å². The molecule has 0 aliphatic carbocycles. The van der Waals surface area contributed by atoms with Gasteiger partial charge in [-0.1, -0.05) is 50.8 Å². The van der Waals surface area contributed by atoms with Crippen molar-refractivity contribution in [2.45, 2.75) is 43.6 Å². The first-order chi connectivity index (χ1) is 9.84. The van der Waals surface area contributed by atoms with Crippen molar-refractivity contribution in [2.75, 3.05) is 0 Å². The maximum absolute atomic E-state index is 5.91. The summed E-state index contributed by atoms with van der Waals surface area (Å²) < 4.78 is 5.91. The third-order valence-electron chi connectivity index (χ3n) is 3.15. The molecule has 112 valence electrons. The van der Waals surface area contributed by atoms with E-state index in [1.54, 1.807) is 0 Å². The van der Waals surface area contributed by atoms with Crippen LogP contribution in [0.2, 0.25) is 19.6 Å². The van der Waals surface area contributed by atoms with Gasteiger partial charge in [0.2, 0.25) is 0 Å². The molecule has 2 aromatic rings. The smallest absolute Gasteiger partial charge is 0.127 e. The molecule has 0 fully saturated rings. The lowest BCUT2D eigenvalue weighted by Gasteiger charge is -2.16. The first-order valence-electron chi connectivity index (χ1n) is 7.40. The van der Waals surface area contributed by atoms with E-state index in [9.17, 15) is 0 Å². The molecule has 0 aromatic heterocycles. The Kier molecular flexibility index (Phi) is 5.17. The number of hydrogen-bond acceptors (Lipinski definition) is 2. The van der Waals surface area contributed by atoms with Gasteiger partial charge in [0.25, 0.3) is 0 Å². The average Bonchev–Trinajstić information content (AvgIpc) is 2.40. The van der Waals surface area contributed by atoms with Crippen LogP contribution < -0.4 is 9.92 Å². The number of thioether (sulfide) groups is 1. The van der Waals surface area contributed by atoms with Crippen LogP contribution in [0, 0.1) is 0 Å². The van der Waals surface area contributed by atoms with Crippen molar-refractivity contribution in [1.29, 1.82) is 0 Å². The Bertz CT molecular complexity index is 568. The average molecular weight is 317 g/mol. The van der Waals surface area contributed by atoms with Crippen molar-refractivity contribution in [3.8, 4) is 11.5 Å². The van der Waals surface area contributed by atoms with Crippen molar-refractivity contribution >= 4 is 25.0 Å². The van der Waals surface area contributed by atoms with Gasteiger partial charge in [-0.2, -0.15) is 0 Å². The predicted octanol–water partition coefficient (Wildman–Crippen LogP) is 5.52. The largest absolute Gasteiger partial charge is 0.457 e. The van der Waals surface area contributed by atoms with Gasteiger partial charge in [0.15, 0.2) is 0 Å². The molecule has 0 bridgehead atoms. The first-order valence-corrected chi connectivity index (χ1v) is 11.8. The van der Waals surface area contributed by atoms with Gasteiger partial charge in [-0.05, 0) is 36.4 Å². The fourth-order valence-corrected chi connectivity index (χ4v) is 4.02. The van der Waals surface area contributed by atoms with Crippen LogP contribution >= 0.6 is 11.8 Å². The van der Waals surface area contributed by atoms with Crippen molar-refractivity contribution in [2.24, 2.45) is 0 Å². The van der Waals surface area contributed by atoms with E-state index in [2.05, 4.69) is 69.9 Å². The van der Waals surface area contributed by atoms with E-state index in [-0.39, 0.29) is 0 Å². The molecule has 0 aliphatic heterocycles. The Labute approximate surface area is 133 Å². The molecule has 0 aliphatic rings. The molecule has 0 atom stereocenters. The maximum Gasteiger partial charge on any atom is 0.127 e. The Morgan fingerprint density at radius 3 is 1.71 bits per heavy atom. The topological polar surface area (TPSA) is 9.23 Å². The lowest BCUT2D eigenvalue weighted by molar-refractivity contribution is 0.482. The number of benzene rings is 2. The summed E-state index contributed by atoms with van der Waals surface area (Å²) in [7, 11) is -1.23. The van der Waals surface area contributed by atoms with Gasteiger partial charge in [-0.3, -0.25) is 0 Å². The summed E-state index contributed by atoms with van der Waals surface area (Å²) in [5.74, 6) is 1.80. The number of hydrogen-bond donors (Lipinski definition) is 0. The fourth-order valence-electron chi connectivity index (χ4n) is 2.02. The molecular formula is C18H24OSSi. The maximum atomic E-state index is 5.91. The van der Waals surface area contributed by atoms with Gasteiger partial charge in [0.05, 0.1) is 8.07 Å². The summed E-state index contributed by atoms with van der Waals surface area (Å²) in [6, 6.07) is 16.9. The lowest BCUT2D eigenvalue weighted by atomic mass is 10.3. The molecule has 1 nitrogen and oxygen atoms in total. The quantitative estimate of drug-likeness (QED) is 0.530. The van der Waals surface area contributed by atoms with Gasteiger partial charge in [0.1, 0.15) is 11.5 Å². The lowest BCUT2D eigenvalue weighted by Crippen LogP contribution is -2.37. The molecule has 0 amide bonds. The highest BCUT2D eigenvalue weighted by Gasteiger charge is 2.15. The van der Waals surface area contributed by atoms with E-state index in [0.29, 0.717) is 5.25 Å². The number of rotatable bonds is 5. The van der Waals surface area contributed by atoms with Crippen LogP contribution in [0.4, 0.5) is 0 Å². The zero-order chi connectivity index (χ0) is 15.5. The third kappa shape index (κ3) is 4.94. The molecule has 0 N–H and O–H groups in total. The summed E-state index contributed by atoms with van der Waals surface area (Å²) in [6.07, 6.45) is 0. The molecule has 0 unspecified atom stereocenters. The van der Waals surface area contributed by atoms with Crippen LogP contribution in [0.1, 0.15) is 13.8 Å². The minimum Gasteiger partial charge on any atom is -0.457 e. The predicted molar refractivity (Wildman–Crippen MR) is 96.9 cm³/mol. The van der Waals surface area contributed by atoms with Crippen molar-refractivity contribution in [3.63, 3.8) is 0 Å². The van der Waals surface area contributed by atoms with Crippen LogP contribution in [0.25, 0.3) is 0 Å². The summed E-state index contributed by atoms with van der Waals surface area (Å²) in [5.41, 5.74) is 0. The van der Waals surface area contributed by atoms with Gasteiger partial charge in [-0.25, -0.2) is 0 Å². The van der Waals surface area contributed by atoms with Gasteiger partial charge in [-0.15, -0.1) is 11.8 Å². The monoisotopic (exact) mass is 316 g/mol. The summed E-state index contributed by atoms with van der Waals surface area (Å²) in [4.78, 5) is 1.28. The minimum atomic E-state index is -1.23. The van der Waals surface area contributed by atoms with Gasteiger partial charge >= 0.3 is 0 Å². The second kappa shape index (κ2) is 6.71. The molecule has 0 radical (unpaired) electrons. The SMILES string of the molecule is CC(C)Sc1ccc(Oc2ccc([Si](C)(C)C)cc2)cc1. The Hall–Kier alpha value is -1.19. The molecule has 3 heteroatoms. The zero-order valence-corrected chi connectivity index (χ0v) is 15.3. The highest BCUT2D eigenvalue weighted by Crippen LogP contribution is 2.27. The molecule has 21 heavy (non-hydrogen) atoms. The highest BCUT2D eigenvalue weighted by molar-refractivity contribution is 7.99. The molecule has 0 saturated heterocycles. The van der Waals surface area contributed by atoms with E-state index in [1.165, 1.54) is 10.1 Å². The fraction of sp³-hybridized carbons (Fsp3) is 0.333. The number of ether oxygens (including phenoxy) is 1. The zero-order valence-electron chi connectivity index (χ0n) is 13.5. The summed E-state index contributed by atoms with van der Waals surface area (Å²) in [5, 5.41) is 2.06. The van der Waals surface area contributed by atoms with E-state index in [4.69, 9.17) is 4.74 Å². The molecule has 2 rings (SSSR count). The van der Waals surface area contributed by atoms with Crippen LogP contribution in [-0.2, 0) is 0 Å². The van der Waals surface area contributed by atoms with Crippen LogP contribution in [0.5, 0.6) is 11.5 Å². The van der Waals surface area contributed by atoms with E-state index < -0.39 is 8.07 Å². The van der Waals surface area contributed by atoms with Gasteiger partial charge < -0.3 is 4.74 Å². The first kappa shape index (κ1) is 16.2. The highest BCUT2D eigenvalue weighted by atomic mass is 32.2. The third-order valence-corrected chi connectivity index (χ3v) is 6.23. The molecule has 2 aromatic carbocycles. The van der Waals surface area contributed by atoms with Crippen LogP contribution in [0.3, 0.4) is 0 Å². The second-order valence-corrected chi connectivity index (χ2v) is 13.2. The van der Waals surface area contributed by atoms with Crippen LogP contribution in [0.15, 0.2) is 53.4 Å². The summed E-state index contributed by atoms with van der Waals surface area (Å²) >= 11 is 1.87. The van der Waals surface area contributed by atoms with Gasteiger partial charge in [0, 0.05) is 10.1 Å². The van der Waals surface area contributed by atoms with Crippen molar-refractivity contribution < 1.29 is 4.74 Å². The normalized spacial score (nSPS) is 11.7. The second-order valence-electron chi connectivity index (χ2n) is 6.51. The summed E-state index contributed by atoms with van der Waals surface area (Å²) in [6.45, 7) is 11.5. The van der Waals surface area contributed by atoms with E-state index >= 15 is 0 Å². The van der Waals surface area contributed by atoms with Crippen molar-refractivity contribution in [1.82, 2.24) is 0 Å². The minimum absolute atomic E-state index is 0.603. The molecule has 0 spiro atoms. The Morgan fingerprint density at radius 1 is 0.810 bits per heavy atom. The standard InChI is InChI=1S/C18H24OSSi/c1-14(2)20-17-10-6-15(7-11-17)19-16-8-12-18(13-9-16)21(3,4)5/h6-14H,1-5H3. The van der Waals surface area contributed by atoms with Crippen molar-refractivity contribution in [3.05, 3.63) is 48.5 Å². The molecule has 0 saturated carbocycles. The Morgan fingerprint density at radius 2 is 1.29 bits per heavy atom. The van der Waals surface area contributed by atoms with E-state index in [1.807, 2.05) is 23.9 Å². The van der Waals surface area contributed by atoms with Crippen LogP contribution in [-0.4, -0.2) is 13.3 Å².